The number of anilines is 1. The number of aromatic nitrogens is 4. The number of benzene rings is 1. The molecular formula is C13H13ClN6. The van der Waals surface area contributed by atoms with Crippen molar-refractivity contribution in [3.05, 3.63) is 29.5 Å². The Labute approximate surface area is 120 Å². The van der Waals surface area contributed by atoms with Gasteiger partial charge < -0.3 is 10.2 Å². The second-order valence-corrected chi connectivity index (χ2v) is 5.24. The van der Waals surface area contributed by atoms with Crippen molar-refractivity contribution in [2.45, 2.75) is 0 Å². The molecule has 1 saturated heterocycles. The number of rotatable bonds is 1. The molecule has 0 spiro atoms. The highest BCUT2D eigenvalue weighted by Crippen LogP contribution is 2.24. The lowest BCUT2D eigenvalue weighted by atomic mass is 10.2. The van der Waals surface area contributed by atoms with E-state index in [4.69, 9.17) is 16.6 Å². The topological polar surface area (TPSA) is 58.4 Å². The SMILES string of the molecule is Clc1ccc2nc(N3CCNCC3)n3ncnc3c2c1. The fourth-order valence-electron chi connectivity index (χ4n) is 2.58. The summed E-state index contributed by atoms with van der Waals surface area (Å²) in [6.07, 6.45) is 1.56. The van der Waals surface area contributed by atoms with Crippen LogP contribution in [0.3, 0.4) is 0 Å². The molecule has 4 rings (SSSR count). The number of nitrogens with one attached hydrogen (secondary N) is 1. The van der Waals surface area contributed by atoms with E-state index in [-0.39, 0.29) is 0 Å². The minimum Gasteiger partial charge on any atom is -0.338 e. The Hall–Kier alpha value is -1.92. The standard InChI is InChI=1S/C13H13ClN6/c14-9-1-2-11-10(7-9)12-16-8-17-20(12)13(18-11)19-5-3-15-4-6-19/h1-2,7-8,15H,3-6H2. The Balaban J connectivity index is 1.99. The lowest BCUT2D eigenvalue weighted by Crippen LogP contribution is -2.44. The van der Waals surface area contributed by atoms with Crippen LogP contribution in [-0.2, 0) is 0 Å². The lowest BCUT2D eigenvalue weighted by Gasteiger charge is -2.28. The molecule has 0 amide bonds. The van der Waals surface area contributed by atoms with E-state index in [2.05, 4.69) is 20.3 Å². The second kappa shape index (κ2) is 4.57. The molecule has 102 valence electrons. The number of nitrogens with zero attached hydrogens (tertiary/aromatic N) is 5. The smallest absolute Gasteiger partial charge is 0.229 e. The maximum Gasteiger partial charge on any atom is 0.229 e. The molecule has 3 heterocycles. The van der Waals surface area contributed by atoms with Crippen LogP contribution in [0.15, 0.2) is 24.5 Å². The van der Waals surface area contributed by atoms with E-state index in [0.29, 0.717) is 5.02 Å². The Morgan fingerprint density at radius 1 is 1.20 bits per heavy atom. The van der Waals surface area contributed by atoms with Crippen LogP contribution in [0, 0.1) is 0 Å². The van der Waals surface area contributed by atoms with Gasteiger partial charge in [0.2, 0.25) is 5.95 Å². The molecule has 1 aliphatic rings. The molecule has 0 unspecified atom stereocenters. The molecule has 3 aromatic rings. The van der Waals surface area contributed by atoms with Crippen LogP contribution in [0.25, 0.3) is 16.6 Å². The van der Waals surface area contributed by atoms with Gasteiger partial charge in [0, 0.05) is 36.6 Å². The van der Waals surface area contributed by atoms with Crippen molar-refractivity contribution < 1.29 is 0 Å². The summed E-state index contributed by atoms with van der Waals surface area (Å²) < 4.78 is 1.80. The first-order chi connectivity index (χ1) is 9.83. The van der Waals surface area contributed by atoms with E-state index in [0.717, 1.165) is 48.7 Å². The number of halogens is 1. The van der Waals surface area contributed by atoms with Gasteiger partial charge in [-0.15, -0.1) is 0 Å². The summed E-state index contributed by atoms with van der Waals surface area (Å²) in [6.45, 7) is 3.75. The summed E-state index contributed by atoms with van der Waals surface area (Å²) in [5.74, 6) is 0.842. The number of fused-ring (bicyclic) bond motifs is 3. The van der Waals surface area contributed by atoms with E-state index in [1.54, 1.807) is 10.8 Å². The molecule has 2 aromatic heterocycles. The van der Waals surface area contributed by atoms with Crippen LogP contribution in [0.1, 0.15) is 0 Å². The van der Waals surface area contributed by atoms with Crippen LogP contribution >= 0.6 is 11.6 Å². The molecule has 1 aromatic carbocycles. The van der Waals surface area contributed by atoms with Gasteiger partial charge in [0.15, 0.2) is 5.65 Å². The average Bonchev–Trinajstić information content (AvgIpc) is 2.97. The van der Waals surface area contributed by atoms with Crippen molar-refractivity contribution in [3.8, 4) is 0 Å². The Bertz CT molecular complexity index is 777. The molecule has 0 atom stereocenters. The normalized spacial score (nSPS) is 16.1. The van der Waals surface area contributed by atoms with Crippen molar-refractivity contribution in [2.75, 3.05) is 31.1 Å². The molecule has 0 radical (unpaired) electrons. The predicted molar refractivity (Wildman–Crippen MR) is 78.4 cm³/mol. The van der Waals surface area contributed by atoms with Gasteiger partial charge in [-0.1, -0.05) is 11.6 Å². The maximum atomic E-state index is 6.07. The van der Waals surface area contributed by atoms with Crippen molar-refractivity contribution in [1.82, 2.24) is 24.9 Å². The van der Waals surface area contributed by atoms with E-state index in [1.165, 1.54) is 0 Å². The maximum absolute atomic E-state index is 6.07. The molecular weight excluding hydrogens is 276 g/mol. The summed E-state index contributed by atoms with van der Waals surface area (Å²) in [6, 6.07) is 5.67. The van der Waals surface area contributed by atoms with Gasteiger partial charge in [-0.3, -0.25) is 0 Å². The molecule has 1 aliphatic heterocycles. The predicted octanol–water partition coefficient (Wildman–Crippen LogP) is 1.34. The molecule has 1 fully saturated rings. The highest BCUT2D eigenvalue weighted by Gasteiger charge is 2.18. The molecule has 0 aliphatic carbocycles. The summed E-state index contributed by atoms with van der Waals surface area (Å²) in [4.78, 5) is 11.3. The van der Waals surface area contributed by atoms with Gasteiger partial charge >= 0.3 is 0 Å². The molecule has 6 nitrogen and oxygen atoms in total. The van der Waals surface area contributed by atoms with E-state index >= 15 is 0 Å². The Morgan fingerprint density at radius 2 is 2.05 bits per heavy atom. The summed E-state index contributed by atoms with van der Waals surface area (Å²) in [5.41, 5.74) is 1.69. The molecule has 1 N–H and O–H groups in total. The molecule has 0 bridgehead atoms. The van der Waals surface area contributed by atoms with Gasteiger partial charge in [0.25, 0.3) is 0 Å². The number of hydrogen-bond acceptors (Lipinski definition) is 5. The molecule has 7 heteroatoms. The van der Waals surface area contributed by atoms with Crippen molar-refractivity contribution in [3.63, 3.8) is 0 Å². The van der Waals surface area contributed by atoms with Gasteiger partial charge in [-0.25, -0.2) is 9.97 Å². The van der Waals surface area contributed by atoms with Crippen molar-refractivity contribution in [2.24, 2.45) is 0 Å². The summed E-state index contributed by atoms with van der Waals surface area (Å²) >= 11 is 6.07. The van der Waals surface area contributed by atoms with Crippen LogP contribution in [0.5, 0.6) is 0 Å². The highest BCUT2D eigenvalue weighted by molar-refractivity contribution is 6.31. The Kier molecular flexibility index (Phi) is 2.71. The van der Waals surface area contributed by atoms with E-state index in [9.17, 15) is 0 Å². The minimum absolute atomic E-state index is 0.680. The minimum atomic E-state index is 0.680. The zero-order valence-electron chi connectivity index (χ0n) is 10.8. The zero-order valence-corrected chi connectivity index (χ0v) is 11.5. The third-order valence-corrected chi connectivity index (χ3v) is 3.79. The highest BCUT2D eigenvalue weighted by atomic mass is 35.5. The third-order valence-electron chi connectivity index (χ3n) is 3.56. The van der Waals surface area contributed by atoms with E-state index in [1.807, 2.05) is 18.2 Å². The summed E-state index contributed by atoms with van der Waals surface area (Å²) in [7, 11) is 0. The number of piperazine rings is 1. The monoisotopic (exact) mass is 288 g/mol. The zero-order chi connectivity index (χ0) is 13.5. The largest absolute Gasteiger partial charge is 0.338 e. The summed E-state index contributed by atoms with van der Waals surface area (Å²) in [5, 5.41) is 9.25. The van der Waals surface area contributed by atoms with Crippen LogP contribution in [-0.4, -0.2) is 45.8 Å². The molecule has 0 saturated carbocycles. The first kappa shape index (κ1) is 11.9. The lowest BCUT2D eigenvalue weighted by molar-refractivity contribution is 0.575. The van der Waals surface area contributed by atoms with Gasteiger partial charge in [-0.05, 0) is 18.2 Å². The number of hydrogen-bond donors (Lipinski definition) is 1. The third kappa shape index (κ3) is 1.80. The van der Waals surface area contributed by atoms with Crippen molar-refractivity contribution in [1.29, 1.82) is 0 Å². The fourth-order valence-corrected chi connectivity index (χ4v) is 2.75. The van der Waals surface area contributed by atoms with E-state index < -0.39 is 0 Å². The first-order valence-corrected chi connectivity index (χ1v) is 6.95. The van der Waals surface area contributed by atoms with Crippen LogP contribution in [0.2, 0.25) is 5.02 Å². The van der Waals surface area contributed by atoms with Gasteiger partial charge in [-0.2, -0.15) is 9.61 Å². The van der Waals surface area contributed by atoms with Crippen molar-refractivity contribution >= 4 is 34.1 Å². The Morgan fingerprint density at radius 3 is 2.90 bits per heavy atom. The molecule has 20 heavy (non-hydrogen) atoms. The quantitative estimate of drug-likeness (QED) is 0.732. The van der Waals surface area contributed by atoms with Gasteiger partial charge in [0.05, 0.1) is 5.52 Å². The second-order valence-electron chi connectivity index (χ2n) is 4.81. The fraction of sp³-hybridized carbons (Fsp3) is 0.308. The van der Waals surface area contributed by atoms with Crippen LogP contribution < -0.4 is 10.2 Å². The van der Waals surface area contributed by atoms with Gasteiger partial charge in [0.1, 0.15) is 6.33 Å². The first-order valence-electron chi connectivity index (χ1n) is 6.57. The van der Waals surface area contributed by atoms with Crippen LogP contribution in [0.4, 0.5) is 5.95 Å². The average molecular weight is 289 g/mol.